The third-order valence-electron chi connectivity index (χ3n) is 4.03. The van der Waals surface area contributed by atoms with Gasteiger partial charge in [0, 0.05) is 10.9 Å². The molecule has 1 amide bonds. The lowest BCUT2D eigenvalue weighted by atomic mass is 10.1. The van der Waals surface area contributed by atoms with Crippen LogP contribution in [0.2, 0.25) is 0 Å². The number of carbonyl (C=O) groups excluding carboxylic acids is 2. The molecule has 3 rings (SSSR count). The van der Waals surface area contributed by atoms with Crippen molar-refractivity contribution < 1.29 is 28.2 Å². The predicted octanol–water partition coefficient (Wildman–Crippen LogP) is 3.83. The molecule has 0 atom stereocenters. The number of anilines is 1. The molecule has 29 heavy (non-hydrogen) atoms. The van der Waals surface area contributed by atoms with E-state index in [1.807, 2.05) is 0 Å². The van der Waals surface area contributed by atoms with Gasteiger partial charge in [0.1, 0.15) is 28.6 Å². The van der Waals surface area contributed by atoms with Gasteiger partial charge in [-0.2, -0.15) is 0 Å². The summed E-state index contributed by atoms with van der Waals surface area (Å²) in [5.74, 6) is 1.24. The van der Waals surface area contributed by atoms with Gasteiger partial charge in [-0.05, 0) is 38.1 Å². The van der Waals surface area contributed by atoms with Gasteiger partial charge in [0.25, 0.3) is 5.91 Å². The molecule has 1 aromatic carbocycles. The number of aryl methyl sites for hydroxylation is 2. The number of thiazole rings is 1. The zero-order valence-electron chi connectivity index (χ0n) is 16.4. The average Bonchev–Trinajstić information content (AvgIpc) is 3.31. The molecular weight excluding hydrogens is 396 g/mol. The Labute approximate surface area is 171 Å². The van der Waals surface area contributed by atoms with Crippen molar-refractivity contribution in [2.24, 2.45) is 0 Å². The van der Waals surface area contributed by atoms with Crippen LogP contribution in [0.25, 0.3) is 11.3 Å². The Hall–Kier alpha value is -3.33. The van der Waals surface area contributed by atoms with Crippen LogP contribution in [0.15, 0.2) is 34.1 Å². The van der Waals surface area contributed by atoms with Crippen molar-refractivity contribution in [2.75, 3.05) is 26.1 Å². The van der Waals surface area contributed by atoms with E-state index in [1.54, 1.807) is 57.7 Å². The van der Waals surface area contributed by atoms with E-state index in [-0.39, 0.29) is 0 Å². The molecule has 1 N–H and O–H groups in total. The lowest BCUT2D eigenvalue weighted by Gasteiger charge is -2.08. The van der Waals surface area contributed by atoms with Gasteiger partial charge in [0.2, 0.25) is 0 Å². The summed E-state index contributed by atoms with van der Waals surface area (Å²) in [5, 5.41) is 4.78. The Balaban J connectivity index is 1.63. The smallest absolute Gasteiger partial charge is 0.342 e. The van der Waals surface area contributed by atoms with E-state index in [0.29, 0.717) is 39.4 Å². The standard InChI is InChI=1S/C20H20N2O6S/c1-11-7-14(12(2)28-11)19(24)27-9-18(23)22-20-21-16(10-29-20)15-8-13(25-3)5-6-17(15)26-4/h5-8,10H,9H2,1-4H3,(H,21,22,23). The minimum atomic E-state index is -0.615. The number of carbonyl (C=O) groups is 2. The number of nitrogens with zero attached hydrogens (tertiary/aromatic N) is 1. The van der Waals surface area contributed by atoms with Gasteiger partial charge in [-0.25, -0.2) is 9.78 Å². The molecule has 0 aliphatic heterocycles. The maximum absolute atomic E-state index is 12.1. The third kappa shape index (κ3) is 4.75. The summed E-state index contributed by atoms with van der Waals surface area (Å²) < 4.78 is 20.9. The molecule has 152 valence electrons. The fourth-order valence-electron chi connectivity index (χ4n) is 2.67. The summed E-state index contributed by atoms with van der Waals surface area (Å²) in [4.78, 5) is 28.6. The maximum Gasteiger partial charge on any atom is 0.342 e. The van der Waals surface area contributed by atoms with Gasteiger partial charge in [-0.3, -0.25) is 10.1 Å². The summed E-state index contributed by atoms with van der Waals surface area (Å²) in [7, 11) is 3.14. The first-order valence-electron chi connectivity index (χ1n) is 8.63. The number of amides is 1. The number of aromatic nitrogens is 1. The lowest BCUT2D eigenvalue weighted by molar-refractivity contribution is -0.119. The van der Waals surface area contributed by atoms with E-state index >= 15 is 0 Å². The minimum absolute atomic E-state index is 0.303. The highest BCUT2D eigenvalue weighted by atomic mass is 32.1. The fraction of sp³-hybridized carbons (Fsp3) is 0.250. The zero-order chi connectivity index (χ0) is 21.0. The largest absolute Gasteiger partial charge is 0.497 e. The number of hydrogen-bond acceptors (Lipinski definition) is 8. The van der Waals surface area contributed by atoms with Crippen LogP contribution < -0.4 is 14.8 Å². The monoisotopic (exact) mass is 416 g/mol. The molecule has 0 aliphatic carbocycles. The molecule has 2 heterocycles. The highest BCUT2D eigenvalue weighted by Gasteiger charge is 2.17. The van der Waals surface area contributed by atoms with E-state index < -0.39 is 18.5 Å². The number of furan rings is 1. The molecule has 0 spiro atoms. The molecule has 9 heteroatoms. The van der Waals surface area contributed by atoms with Crippen molar-refractivity contribution in [1.82, 2.24) is 4.98 Å². The summed E-state index contributed by atoms with van der Waals surface area (Å²) >= 11 is 1.25. The summed E-state index contributed by atoms with van der Waals surface area (Å²) in [6.45, 7) is 2.96. The van der Waals surface area contributed by atoms with Gasteiger partial charge in [0.15, 0.2) is 11.7 Å². The number of benzene rings is 1. The van der Waals surface area contributed by atoms with E-state index in [9.17, 15) is 9.59 Å². The van der Waals surface area contributed by atoms with Gasteiger partial charge >= 0.3 is 5.97 Å². The van der Waals surface area contributed by atoms with Crippen molar-refractivity contribution in [1.29, 1.82) is 0 Å². The maximum atomic E-state index is 12.1. The third-order valence-corrected chi connectivity index (χ3v) is 4.79. The van der Waals surface area contributed by atoms with Crippen LogP contribution >= 0.6 is 11.3 Å². The molecular formula is C20H20N2O6S. The van der Waals surface area contributed by atoms with Crippen LogP contribution in [0.3, 0.4) is 0 Å². The van der Waals surface area contributed by atoms with Crippen LogP contribution in [-0.4, -0.2) is 37.7 Å². The summed E-state index contributed by atoms with van der Waals surface area (Å²) in [6.07, 6.45) is 0. The molecule has 8 nitrogen and oxygen atoms in total. The first-order chi connectivity index (χ1) is 13.9. The van der Waals surface area contributed by atoms with Crippen LogP contribution in [0.4, 0.5) is 5.13 Å². The number of nitrogens with one attached hydrogen (secondary N) is 1. The molecule has 0 saturated carbocycles. The van der Waals surface area contributed by atoms with Gasteiger partial charge in [-0.1, -0.05) is 0 Å². The molecule has 0 bridgehead atoms. The quantitative estimate of drug-likeness (QED) is 0.584. The van der Waals surface area contributed by atoms with Gasteiger partial charge in [-0.15, -0.1) is 11.3 Å². The van der Waals surface area contributed by atoms with Crippen LogP contribution in [0, 0.1) is 13.8 Å². The van der Waals surface area contributed by atoms with Crippen molar-refractivity contribution >= 4 is 28.3 Å². The Morgan fingerprint density at radius 3 is 2.62 bits per heavy atom. The van der Waals surface area contributed by atoms with Crippen LogP contribution in [0.1, 0.15) is 21.9 Å². The number of esters is 1. The fourth-order valence-corrected chi connectivity index (χ4v) is 3.39. The van der Waals surface area contributed by atoms with E-state index in [1.165, 1.54) is 11.3 Å². The summed E-state index contributed by atoms with van der Waals surface area (Å²) in [5.41, 5.74) is 1.67. The number of rotatable bonds is 7. The Morgan fingerprint density at radius 2 is 1.97 bits per heavy atom. The van der Waals surface area contributed by atoms with Crippen molar-refractivity contribution in [3.05, 3.63) is 46.7 Å². The Bertz CT molecular complexity index is 1040. The van der Waals surface area contributed by atoms with Crippen molar-refractivity contribution in [3.8, 4) is 22.8 Å². The van der Waals surface area contributed by atoms with Gasteiger partial charge < -0.3 is 18.6 Å². The van der Waals surface area contributed by atoms with Crippen LogP contribution in [0.5, 0.6) is 11.5 Å². The topological polar surface area (TPSA) is 99.9 Å². The second-order valence-electron chi connectivity index (χ2n) is 6.06. The number of hydrogen-bond donors (Lipinski definition) is 1. The molecule has 0 unspecified atom stereocenters. The zero-order valence-corrected chi connectivity index (χ0v) is 17.2. The van der Waals surface area contributed by atoms with E-state index in [4.69, 9.17) is 18.6 Å². The normalized spacial score (nSPS) is 10.5. The molecule has 2 aromatic heterocycles. The molecule has 0 radical (unpaired) electrons. The Kier molecular flexibility index (Phi) is 6.18. The predicted molar refractivity (Wildman–Crippen MR) is 108 cm³/mol. The highest BCUT2D eigenvalue weighted by molar-refractivity contribution is 7.14. The molecule has 3 aromatic rings. The molecule has 0 fully saturated rings. The number of methoxy groups -OCH3 is 2. The average molecular weight is 416 g/mol. The van der Waals surface area contributed by atoms with E-state index in [2.05, 4.69) is 10.3 Å². The van der Waals surface area contributed by atoms with Crippen molar-refractivity contribution in [2.45, 2.75) is 13.8 Å². The second-order valence-corrected chi connectivity index (χ2v) is 6.91. The molecule has 0 aliphatic rings. The lowest BCUT2D eigenvalue weighted by Crippen LogP contribution is -2.20. The first kappa shape index (κ1) is 20.4. The Morgan fingerprint density at radius 1 is 1.17 bits per heavy atom. The highest BCUT2D eigenvalue weighted by Crippen LogP contribution is 2.35. The molecule has 0 saturated heterocycles. The minimum Gasteiger partial charge on any atom is -0.497 e. The van der Waals surface area contributed by atoms with E-state index in [0.717, 1.165) is 5.56 Å². The summed E-state index contributed by atoms with van der Waals surface area (Å²) in [6, 6.07) is 6.94. The van der Waals surface area contributed by atoms with Crippen molar-refractivity contribution in [3.63, 3.8) is 0 Å². The number of ether oxygens (including phenoxy) is 3. The van der Waals surface area contributed by atoms with Crippen LogP contribution in [-0.2, 0) is 9.53 Å². The van der Waals surface area contributed by atoms with Gasteiger partial charge in [0.05, 0.1) is 19.9 Å². The second kappa shape index (κ2) is 8.78. The first-order valence-corrected chi connectivity index (χ1v) is 9.51. The SMILES string of the molecule is COc1ccc(OC)c(-c2csc(NC(=O)COC(=O)c3cc(C)oc3C)n2)c1.